The molecule has 0 aliphatic carbocycles. The highest BCUT2D eigenvalue weighted by molar-refractivity contribution is 8.12. The van der Waals surface area contributed by atoms with Crippen LogP contribution in [0.1, 0.15) is 5.56 Å². The van der Waals surface area contributed by atoms with E-state index >= 15 is 0 Å². The summed E-state index contributed by atoms with van der Waals surface area (Å²) in [7, 11) is 1.98. The minimum Gasteiger partial charge on any atom is -0.343 e. The van der Waals surface area contributed by atoms with Gasteiger partial charge in [0.05, 0.1) is 5.03 Å². The molecule has 1 aromatic heterocycles. The molecule has 0 saturated heterocycles. The number of benzene rings is 1. The summed E-state index contributed by atoms with van der Waals surface area (Å²) in [6.07, 6.45) is 1.76. The fourth-order valence-electron chi connectivity index (χ4n) is 1.87. The molecule has 0 saturated carbocycles. The molecule has 5 heteroatoms. The Morgan fingerprint density at radius 2 is 2.18 bits per heavy atom. The number of fused-ring (bicyclic) bond motifs is 1. The molecule has 2 rings (SSSR count). The molecule has 0 radical (unpaired) electrons. The Kier molecular flexibility index (Phi) is 3.69. The number of amides is 1. The summed E-state index contributed by atoms with van der Waals surface area (Å²) in [5, 5.41) is 4.87. The van der Waals surface area contributed by atoms with Crippen LogP contribution in [-0.2, 0) is 13.6 Å². The molecule has 0 aliphatic rings. The molecule has 0 spiro atoms. The van der Waals surface area contributed by atoms with Crippen LogP contribution in [0.15, 0.2) is 29.3 Å². The zero-order valence-corrected chi connectivity index (χ0v) is 11.4. The van der Waals surface area contributed by atoms with Crippen LogP contribution in [0.4, 0.5) is 4.79 Å². The number of carbonyl (C=O) groups is 1. The van der Waals surface area contributed by atoms with E-state index in [0.717, 1.165) is 21.5 Å². The Hall–Kier alpha value is -1.07. The zero-order chi connectivity index (χ0) is 12.4. The van der Waals surface area contributed by atoms with Crippen molar-refractivity contribution in [3.8, 4) is 0 Å². The van der Waals surface area contributed by atoms with Crippen molar-refractivity contribution in [3.05, 3.63) is 29.8 Å². The van der Waals surface area contributed by atoms with Crippen molar-refractivity contribution >= 4 is 40.5 Å². The fourth-order valence-corrected chi connectivity index (χ4v) is 2.39. The van der Waals surface area contributed by atoms with Gasteiger partial charge in [-0.2, -0.15) is 0 Å². The Morgan fingerprint density at radius 1 is 1.47 bits per heavy atom. The lowest BCUT2D eigenvalue weighted by Crippen LogP contribution is -2.17. The van der Waals surface area contributed by atoms with E-state index < -0.39 is 0 Å². The van der Waals surface area contributed by atoms with E-state index in [9.17, 15) is 4.79 Å². The van der Waals surface area contributed by atoms with E-state index in [4.69, 9.17) is 0 Å². The molecule has 0 fully saturated rings. The molecule has 0 bridgehead atoms. The van der Waals surface area contributed by atoms with Gasteiger partial charge in [-0.05, 0) is 12.3 Å². The van der Waals surface area contributed by atoms with Crippen LogP contribution in [0.2, 0.25) is 0 Å². The molecule has 1 aromatic carbocycles. The first-order valence-corrected chi connectivity index (χ1v) is 6.89. The van der Waals surface area contributed by atoms with Crippen LogP contribution in [0.5, 0.6) is 0 Å². The average Bonchev–Trinajstić information content (AvgIpc) is 2.60. The van der Waals surface area contributed by atoms with Crippen LogP contribution in [0.25, 0.3) is 10.9 Å². The van der Waals surface area contributed by atoms with Crippen LogP contribution in [0.3, 0.4) is 0 Å². The second-order valence-corrected chi connectivity index (χ2v) is 4.93. The van der Waals surface area contributed by atoms with Crippen molar-refractivity contribution in [2.24, 2.45) is 7.05 Å². The fraction of sp³-hybridized carbons (Fsp3) is 0.250. The van der Waals surface area contributed by atoms with Crippen molar-refractivity contribution < 1.29 is 4.79 Å². The number of para-hydroxylation sites is 1. The quantitative estimate of drug-likeness (QED) is 0.819. The second-order valence-electron chi connectivity index (χ2n) is 3.72. The number of hydrogen-bond acceptors (Lipinski definition) is 3. The van der Waals surface area contributed by atoms with Crippen LogP contribution in [-0.4, -0.2) is 16.1 Å². The van der Waals surface area contributed by atoms with Crippen molar-refractivity contribution in [2.75, 3.05) is 6.26 Å². The van der Waals surface area contributed by atoms with Gasteiger partial charge in [0.2, 0.25) is 0 Å². The summed E-state index contributed by atoms with van der Waals surface area (Å²) < 4.78 is 2.03. The summed E-state index contributed by atoms with van der Waals surface area (Å²) in [6.45, 7) is 0.514. The van der Waals surface area contributed by atoms with Gasteiger partial charge in [-0.25, -0.2) is 0 Å². The maximum absolute atomic E-state index is 11.3. The predicted molar refractivity (Wildman–Crippen MR) is 75.9 cm³/mol. The minimum absolute atomic E-state index is 0.0225. The highest BCUT2D eigenvalue weighted by Gasteiger charge is 2.12. The van der Waals surface area contributed by atoms with Gasteiger partial charge in [0.1, 0.15) is 0 Å². The second kappa shape index (κ2) is 5.06. The normalized spacial score (nSPS) is 10.8. The largest absolute Gasteiger partial charge is 0.343 e. The first-order chi connectivity index (χ1) is 8.15. The summed E-state index contributed by atoms with van der Waals surface area (Å²) >= 11 is 5.69. The first kappa shape index (κ1) is 12.4. The number of thioether (sulfide) groups is 1. The highest BCUT2D eigenvalue weighted by Crippen LogP contribution is 2.27. The number of aromatic nitrogens is 1. The van der Waals surface area contributed by atoms with Crippen LogP contribution < -0.4 is 5.32 Å². The third-order valence-corrected chi connectivity index (χ3v) is 3.86. The Morgan fingerprint density at radius 3 is 2.88 bits per heavy atom. The van der Waals surface area contributed by atoms with Gasteiger partial charge in [-0.3, -0.25) is 4.79 Å². The molecule has 1 heterocycles. The SMILES string of the molecule is CSC(=O)NCc1c(S)n(C)c2ccccc12. The molecular weight excluding hydrogens is 252 g/mol. The molecule has 1 N–H and O–H groups in total. The molecule has 0 unspecified atom stereocenters. The van der Waals surface area contributed by atoms with E-state index in [0.29, 0.717) is 6.54 Å². The third kappa shape index (κ3) is 2.30. The highest BCUT2D eigenvalue weighted by atomic mass is 32.2. The van der Waals surface area contributed by atoms with Crippen molar-refractivity contribution in [2.45, 2.75) is 11.6 Å². The summed E-state index contributed by atoms with van der Waals surface area (Å²) in [5.41, 5.74) is 2.19. The van der Waals surface area contributed by atoms with Gasteiger partial charge in [-0.1, -0.05) is 30.0 Å². The number of thiol groups is 1. The zero-order valence-electron chi connectivity index (χ0n) is 9.73. The molecule has 2 aromatic rings. The number of nitrogens with one attached hydrogen (secondary N) is 1. The van der Waals surface area contributed by atoms with Crippen molar-refractivity contribution in [3.63, 3.8) is 0 Å². The Bertz CT molecular complexity index is 563. The lowest BCUT2D eigenvalue weighted by atomic mass is 10.2. The van der Waals surface area contributed by atoms with Gasteiger partial charge in [0, 0.05) is 30.1 Å². The van der Waals surface area contributed by atoms with Crippen molar-refractivity contribution in [1.82, 2.24) is 9.88 Å². The standard InChI is InChI=1S/C12H14N2OS2/c1-14-10-6-4-3-5-8(10)9(11(14)16)7-13-12(15)17-2/h3-6,16H,7H2,1-2H3,(H,13,15). The molecule has 17 heavy (non-hydrogen) atoms. The summed E-state index contributed by atoms with van der Waals surface area (Å²) in [4.78, 5) is 11.3. The lowest BCUT2D eigenvalue weighted by molar-refractivity contribution is 0.260. The molecular formula is C12H14N2OS2. The molecule has 3 nitrogen and oxygen atoms in total. The van der Waals surface area contributed by atoms with E-state index in [1.165, 1.54) is 11.8 Å². The number of hydrogen-bond donors (Lipinski definition) is 2. The van der Waals surface area contributed by atoms with Gasteiger partial charge in [-0.15, -0.1) is 12.6 Å². The van der Waals surface area contributed by atoms with E-state index in [1.807, 2.05) is 23.7 Å². The maximum Gasteiger partial charge on any atom is 0.279 e. The Labute approximate surface area is 110 Å². The topological polar surface area (TPSA) is 34.0 Å². The van der Waals surface area contributed by atoms with Gasteiger partial charge >= 0.3 is 0 Å². The van der Waals surface area contributed by atoms with Gasteiger partial charge in [0.15, 0.2) is 0 Å². The van der Waals surface area contributed by atoms with E-state index in [1.54, 1.807) is 6.26 Å². The van der Waals surface area contributed by atoms with E-state index in [2.05, 4.69) is 30.1 Å². The molecule has 0 atom stereocenters. The average molecular weight is 266 g/mol. The van der Waals surface area contributed by atoms with Gasteiger partial charge in [0.25, 0.3) is 5.24 Å². The molecule has 1 amide bonds. The number of carbonyl (C=O) groups excluding carboxylic acids is 1. The van der Waals surface area contributed by atoms with E-state index in [-0.39, 0.29) is 5.24 Å². The van der Waals surface area contributed by atoms with Crippen LogP contribution in [0, 0.1) is 0 Å². The summed E-state index contributed by atoms with van der Waals surface area (Å²) in [5.74, 6) is 0. The van der Waals surface area contributed by atoms with Crippen LogP contribution >= 0.6 is 24.4 Å². The van der Waals surface area contributed by atoms with Gasteiger partial charge < -0.3 is 9.88 Å². The number of aryl methyl sites for hydroxylation is 1. The monoisotopic (exact) mass is 266 g/mol. The number of rotatable bonds is 2. The summed E-state index contributed by atoms with van der Waals surface area (Å²) in [6, 6.07) is 8.10. The minimum atomic E-state index is -0.0225. The van der Waals surface area contributed by atoms with Crippen molar-refractivity contribution in [1.29, 1.82) is 0 Å². The molecule has 90 valence electrons. The molecule has 0 aliphatic heterocycles. The number of nitrogens with zero attached hydrogens (tertiary/aromatic N) is 1. The smallest absolute Gasteiger partial charge is 0.279 e. The predicted octanol–water partition coefficient (Wildman–Crippen LogP) is 3.04. The lowest BCUT2D eigenvalue weighted by Gasteiger charge is -2.03. The Balaban J connectivity index is 2.39. The first-order valence-electron chi connectivity index (χ1n) is 5.22. The third-order valence-electron chi connectivity index (χ3n) is 2.77. The maximum atomic E-state index is 11.3.